The Balaban J connectivity index is 2.99. The van der Waals surface area contributed by atoms with Crippen molar-refractivity contribution in [3.8, 4) is 0 Å². The Labute approximate surface area is 105 Å². The summed E-state index contributed by atoms with van der Waals surface area (Å²) >= 11 is 0. The van der Waals surface area contributed by atoms with Crippen molar-refractivity contribution in [3.63, 3.8) is 0 Å². The van der Waals surface area contributed by atoms with Gasteiger partial charge in [0.25, 0.3) is 5.91 Å². The second kappa shape index (κ2) is 5.47. The third-order valence-electron chi connectivity index (χ3n) is 2.24. The van der Waals surface area contributed by atoms with Crippen LogP contribution in [0.25, 0.3) is 0 Å². The van der Waals surface area contributed by atoms with Crippen LogP contribution in [-0.4, -0.2) is 33.2 Å². The summed E-state index contributed by atoms with van der Waals surface area (Å²) in [5, 5.41) is 0. The van der Waals surface area contributed by atoms with Crippen LogP contribution in [0.5, 0.6) is 0 Å². The van der Waals surface area contributed by atoms with E-state index >= 15 is 0 Å². The lowest BCUT2D eigenvalue weighted by Crippen LogP contribution is -2.36. The second-order valence-corrected chi connectivity index (χ2v) is 9.71. The number of carbonyl (C=O) groups excluding carboxylic acids is 1. The molecule has 0 bridgehead atoms. The quantitative estimate of drug-likeness (QED) is 0.770. The summed E-state index contributed by atoms with van der Waals surface area (Å²) in [6.07, 6.45) is -0.474. The summed E-state index contributed by atoms with van der Waals surface area (Å²) in [6.45, 7) is 6.27. The molecule has 0 aliphatic carbocycles. The van der Waals surface area contributed by atoms with Crippen LogP contribution >= 0.6 is 0 Å². The van der Waals surface area contributed by atoms with E-state index in [-0.39, 0.29) is 5.91 Å². The van der Waals surface area contributed by atoms with E-state index in [1.54, 1.807) is 19.0 Å². The summed E-state index contributed by atoms with van der Waals surface area (Å²) < 4.78 is 5.99. The van der Waals surface area contributed by atoms with Crippen LogP contribution in [0.15, 0.2) is 30.3 Å². The molecule has 0 fully saturated rings. The van der Waals surface area contributed by atoms with Crippen LogP contribution in [-0.2, 0) is 9.22 Å². The Hall–Kier alpha value is -1.13. The molecule has 94 valence electrons. The molecule has 0 N–H and O–H groups in total. The van der Waals surface area contributed by atoms with E-state index in [1.807, 2.05) is 30.3 Å². The lowest BCUT2D eigenvalue weighted by Gasteiger charge is -2.28. The monoisotopic (exact) mass is 251 g/mol. The van der Waals surface area contributed by atoms with Gasteiger partial charge in [0.2, 0.25) is 0 Å². The van der Waals surface area contributed by atoms with Gasteiger partial charge in [-0.2, -0.15) is 0 Å². The predicted octanol–water partition coefficient (Wildman–Crippen LogP) is 2.67. The number of benzene rings is 1. The number of nitrogens with zero attached hydrogens (tertiary/aromatic N) is 1. The molecule has 0 aliphatic rings. The van der Waals surface area contributed by atoms with Crippen molar-refractivity contribution in [2.24, 2.45) is 0 Å². The van der Waals surface area contributed by atoms with Crippen molar-refractivity contribution in [1.82, 2.24) is 4.90 Å². The first kappa shape index (κ1) is 13.9. The third-order valence-corrected chi connectivity index (χ3v) is 3.18. The van der Waals surface area contributed by atoms with E-state index in [4.69, 9.17) is 4.43 Å². The van der Waals surface area contributed by atoms with Gasteiger partial charge in [0.15, 0.2) is 14.4 Å². The first-order valence-corrected chi connectivity index (χ1v) is 9.16. The normalized spacial score (nSPS) is 13.2. The molecule has 1 atom stereocenters. The molecule has 1 rings (SSSR count). The fourth-order valence-corrected chi connectivity index (χ4v) is 2.42. The maximum absolute atomic E-state index is 12.1. The van der Waals surface area contributed by atoms with E-state index in [1.165, 1.54) is 0 Å². The van der Waals surface area contributed by atoms with Crippen molar-refractivity contribution in [1.29, 1.82) is 0 Å². The molecule has 0 saturated carbocycles. The number of amides is 1. The van der Waals surface area contributed by atoms with Crippen molar-refractivity contribution >= 4 is 14.2 Å². The summed E-state index contributed by atoms with van der Waals surface area (Å²) in [6, 6.07) is 9.67. The number of rotatable bonds is 4. The molecule has 0 heterocycles. The predicted molar refractivity (Wildman–Crippen MR) is 72.3 cm³/mol. The average Bonchev–Trinajstić information content (AvgIpc) is 2.25. The lowest BCUT2D eigenvalue weighted by molar-refractivity contribution is -0.136. The maximum atomic E-state index is 12.1. The number of likely N-dealkylation sites (N-methyl/N-ethyl adjacent to an activating group) is 1. The lowest BCUT2D eigenvalue weighted by atomic mass is 10.1. The standard InChI is InChI=1S/C13H21NO2Si/c1-14(2)13(15)12(16-17(3,4)5)11-9-7-6-8-10-11/h6-10,12H,1-5H3/t12-/m0/s1. The molecule has 0 aromatic heterocycles. The SMILES string of the molecule is CN(C)C(=O)[C@@H](O[Si](C)(C)C)c1ccccc1. The summed E-state index contributed by atoms with van der Waals surface area (Å²) in [7, 11) is 1.75. The van der Waals surface area contributed by atoms with Gasteiger partial charge < -0.3 is 9.33 Å². The van der Waals surface area contributed by atoms with E-state index < -0.39 is 14.4 Å². The highest BCUT2D eigenvalue weighted by molar-refractivity contribution is 6.69. The molecule has 4 heteroatoms. The van der Waals surface area contributed by atoms with Crippen LogP contribution in [0, 0.1) is 0 Å². The minimum Gasteiger partial charge on any atom is -0.402 e. The van der Waals surface area contributed by atoms with Crippen molar-refractivity contribution in [3.05, 3.63) is 35.9 Å². The van der Waals surface area contributed by atoms with Crippen LogP contribution in [0.3, 0.4) is 0 Å². The molecule has 1 amide bonds. The molecule has 1 aromatic carbocycles. The van der Waals surface area contributed by atoms with E-state index in [0.29, 0.717) is 0 Å². The van der Waals surface area contributed by atoms with Crippen molar-refractivity contribution in [2.45, 2.75) is 25.7 Å². The van der Waals surface area contributed by atoms with Gasteiger partial charge in [0, 0.05) is 14.1 Å². The summed E-state index contributed by atoms with van der Waals surface area (Å²) in [5.74, 6) is -0.00127. The van der Waals surface area contributed by atoms with Crippen molar-refractivity contribution in [2.75, 3.05) is 14.1 Å². The molecule has 1 aromatic rings. The molecular weight excluding hydrogens is 230 g/mol. The molecule has 0 aliphatic heterocycles. The van der Waals surface area contributed by atoms with E-state index in [2.05, 4.69) is 19.6 Å². The van der Waals surface area contributed by atoms with E-state index in [0.717, 1.165) is 5.56 Å². The molecule has 0 saturated heterocycles. The average molecular weight is 251 g/mol. The molecule has 17 heavy (non-hydrogen) atoms. The largest absolute Gasteiger partial charge is 0.402 e. The summed E-state index contributed by atoms with van der Waals surface area (Å²) in [5.41, 5.74) is 0.925. The number of hydrogen-bond acceptors (Lipinski definition) is 2. The molecule has 3 nitrogen and oxygen atoms in total. The Bertz CT molecular complexity index is 371. The minimum atomic E-state index is -1.76. The maximum Gasteiger partial charge on any atom is 0.254 e. The molecule has 0 spiro atoms. The fourth-order valence-electron chi connectivity index (χ4n) is 1.48. The van der Waals surface area contributed by atoms with Gasteiger partial charge in [-0.1, -0.05) is 30.3 Å². The second-order valence-electron chi connectivity index (χ2n) is 5.25. The Morgan fingerprint density at radius 1 is 1.18 bits per heavy atom. The van der Waals surface area contributed by atoms with Crippen LogP contribution < -0.4 is 0 Å². The smallest absolute Gasteiger partial charge is 0.254 e. The van der Waals surface area contributed by atoms with Crippen LogP contribution in [0.2, 0.25) is 19.6 Å². The zero-order chi connectivity index (χ0) is 13.1. The van der Waals surface area contributed by atoms with Gasteiger partial charge in [-0.15, -0.1) is 0 Å². The first-order chi connectivity index (χ1) is 7.81. The van der Waals surface area contributed by atoms with Crippen LogP contribution in [0.1, 0.15) is 11.7 Å². The van der Waals surface area contributed by atoms with Gasteiger partial charge in [-0.05, 0) is 25.2 Å². The van der Waals surface area contributed by atoms with Gasteiger partial charge in [-0.3, -0.25) is 4.79 Å². The van der Waals surface area contributed by atoms with Gasteiger partial charge in [0.1, 0.15) is 0 Å². The van der Waals surface area contributed by atoms with Gasteiger partial charge in [-0.25, -0.2) is 0 Å². The minimum absolute atomic E-state index is 0.00127. The Kier molecular flexibility index (Phi) is 4.48. The zero-order valence-electron chi connectivity index (χ0n) is 11.2. The topological polar surface area (TPSA) is 29.5 Å². The molecule has 0 radical (unpaired) electrons. The first-order valence-electron chi connectivity index (χ1n) is 5.75. The fraction of sp³-hybridized carbons (Fsp3) is 0.462. The highest BCUT2D eigenvalue weighted by Gasteiger charge is 2.28. The van der Waals surface area contributed by atoms with Crippen molar-refractivity contribution < 1.29 is 9.22 Å². The highest BCUT2D eigenvalue weighted by atomic mass is 28.4. The van der Waals surface area contributed by atoms with E-state index in [9.17, 15) is 4.79 Å². The molecule has 0 unspecified atom stereocenters. The number of hydrogen-bond donors (Lipinski definition) is 0. The van der Waals surface area contributed by atoms with Gasteiger partial charge >= 0.3 is 0 Å². The highest BCUT2D eigenvalue weighted by Crippen LogP contribution is 2.23. The Morgan fingerprint density at radius 2 is 1.71 bits per heavy atom. The Morgan fingerprint density at radius 3 is 2.12 bits per heavy atom. The summed E-state index contributed by atoms with van der Waals surface area (Å²) in [4.78, 5) is 13.7. The van der Waals surface area contributed by atoms with Gasteiger partial charge in [0.05, 0.1) is 0 Å². The third kappa shape index (κ3) is 4.32. The van der Waals surface area contributed by atoms with Crippen LogP contribution in [0.4, 0.5) is 0 Å². The zero-order valence-corrected chi connectivity index (χ0v) is 12.2. The molecular formula is C13H21NO2Si. The number of carbonyl (C=O) groups is 1.